The second kappa shape index (κ2) is 9.29. The zero-order valence-corrected chi connectivity index (χ0v) is 18.5. The van der Waals surface area contributed by atoms with Gasteiger partial charge in [-0.3, -0.25) is 9.79 Å². The van der Waals surface area contributed by atoms with Crippen molar-refractivity contribution in [3.63, 3.8) is 0 Å². The smallest absolute Gasteiger partial charge is 0.242 e. The SMILES string of the molecule is CN=C(NCC(=O)N1CCc2ccccc2C1)N1CCc2cc(OC)c(OC)cc2C1. The van der Waals surface area contributed by atoms with Crippen LogP contribution < -0.4 is 14.8 Å². The van der Waals surface area contributed by atoms with Crippen LogP contribution in [0.2, 0.25) is 0 Å². The van der Waals surface area contributed by atoms with Gasteiger partial charge in [-0.1, -0.05) is 24.3 Å². The number of nitrogens with zero attached hydrogens (tertiary/aromatic N) is 3. The average molecular weight is 423 g/mol. The van der Waals surface area contributed by atoms with Gasteiger partial charge in [-0.25, -0.2) is 0 Å². The van der Waals surface area contributed by atoms with Crippen molar-refractivity contribution in [2.75, 3.05) is 40.9 Å². The Balaban J connectivity index is 1.38. The first-order chi connectivity index (χ1) is 15.1. The van der Waals surface area contributed by atoms with Gasteiger partial charge in [0.15, 0.2) is 17.5 Å². The van der Waals surface area contributed by atoms with Crippen LogP contribution in [0, 0.1) is 0 Å². The van der Waals surface area contributed by atoms with E-state index in [0.29, 0.717) is 13.1 Å². The fraction of sp³-hybridized carbons (Fsp3) is 0.417. The normalized spacial score (nSPS) is 15.8. The number of fused-ring (bicyclic) bond motifs is 2. The predicted molar refractivity (Wildman–Crippen MR) is 121 cm³/mol. The third-order valence-corrected chi connectivity index (χ3v) is 6.11. The van der Waals surface area contributed by atoms with Crippen LogP contribution in [-0.4, -0.2) is 62.6 Å². The summed E-state index contributed by atoms with van der Waals surface area (Å²) in [5.41, 5.74) is 5.02. The highest BCUT2D eigenvalue weighted by molar-refractivity contribution is 5.86. The van der Waals surface area contributed by atoms with Gasteiger partial charge < -0.3 is 24.6 Å². The first-order valence-electron chi connectivity index (χ1n) is 10.7. The molecule has 164 valence electrons. The van der Waals surface area contributed by atoms with E-state index >= 15 is 0 Å². The lowest BCUT2D eigenvalue weighted by Gasteiger charge is -2.33. The molecule has 0 saturated carbocycles. The van der Waals surface area contributed by atoms with Crippen molar-refractivity contribution in [2.24, 2.45) is 4.99 Å². The Bertz CT molecular complexity index is 989. The molecule has 7 heteroatoms. The summed E-state index contributed by atoms with van der Waals surface area (Å²) in [5.74, 6) is 2.32. The molecule has 31 heavy (non-hydrogen) atoms. The average Bonchev–Trinajstić information content (AvgIpc) is 2.82. The van der Waals surface area contributed by atoms with Gasteiger partial charge in [0.2, 0.25) is 5.91 Å². The van der Waals surface area contributed by atoms with Gasteiger partial charge in [-0.05, 0) is 47.2 Å². The lowest BCUT2D eigenvalue weighted by atomic mass is 9.99. The minimum atomic E-state index is 0.0967. The highest BCUT2D eigenvalue weighted by atomic mass is 16.5. The molecule has 0 bridgehead atoms. The van der Waals surface area contributed by atoms with Gasteiger partial charge in [0.25, 0.3) is 0 Å². The number of amides is 1. The number of hydrogen-bond acceptors (Lipinski definition) is 4. The van der Waals surface area contributed by atoms with Crippen molar-refractivity contribution in [3.05, 3.63) is 58.7 Å². The molecule has 0 aromatic heterocycles. The Hall–Kier alpha value is -3.22. The quantitative estimate of drug-likeness (QED) is 0.605. The number of methoxy groups -OCH3 is 2. The highest BCUT2D eigenvalue weighted by Crippen LogP contribution is 2.33. The number of aliphatic imine (C=N–C) groups is 1. The zero-order chi connectivity index (χ0) is 21.8. The van der Waals surface area contributed by atoms with Crippen molar-refractivity contribution in [3.8, 4) is 11.5 Å². The molecule has 0 fully saturated rings. The first kappa shape index (κ1) is 21.0. The third kappa shape index (κ3) is 4.45. The van der Waals surface area contributed by atoms with Crippen LogP contribution >= 0.6 is 0 Å². The maximum Gasteiger partial charge on any atom is 0.242 e. The second-order valence-corrected chi connectivity index (χ2v) is 7.88. The van der Waals surface area contributed by atoms with Crippen LogP contribution in [-0.2, 0) is 30.7 Å². The molecule has 0 spiro atoms. The molecule has 0 unspecified atom stereocenters. The summed E-state index contributed by atoms with van der Waals surface area (Å²) in [6, 6.07) is 12.4. The van der Waals surface area contributed by atoms with Crippen molar-refractivity contribution < 1.29 is 14.3 Å². The van der Waals surface area contributed by atoms with Crippen LogP contribution in [0.5, 0.6) is 11.5 Å². The second-order valence-electron chi connectivity index (χ2n) is 7.88. The first-order valence-corrected chi connectivity index (χ1v) is 10.7. The van der Waals surface area contributed by atoms with Crippen molar-refractivity contribution in [2.45, 2.75) is 25.9 Å². The molecule has 0 radical (unpaired) electrons. The molecule has 2 aliphatic rings. The maximum absolute atomic E-state index is 12.8. The molecular weight excluding hydrogens is 392 g/mol. The largest absolute Gasteiger partial charge is 0.493 e. The van der Waals surface area contributed by atoms with E-state index in [0.717, 1.165) is 43.4 Å². The van der Waals surface area contributed by atoms with Gasteiger partial charge in [0, 0.05) is 33.2 Å². The van der Waals surface area contributed by atoms with E-state index in [9.17, 15) is 4.79 Å². The number of benzene rings is 2. The van der Waals surface area contributed by atoms with Crippen molar-refractivity contribution in [1.82, 2.24) is 15.1 Å². The summed E-state index contributed by atoms with van der Waals surface area (Å²) in [4.78, 5) is 21.3. The van der Waals surface area contributed by atoms with Gasteiger partial charge in [0.05, 0.1) is 20.8 Å². The number of guanidine groups is 1. The molecule has 0 aliphatic carbocycles. The molecular formula is C24H30N4O3. The number of hydrogen-bond donors (Lipinski definition) is 1. The fourth-order valence-electron chi connectivity index (χ4n) is 4.37. The van der Waals surface area contributed by atoms with Gasteiger partial charge in [0.1, 0.15) is 0 Å². The monoisotopic (exact) mass is 422 g/mol. The van der Waals surface area contributed by atoms with E-state index in [2.05, 4.69) is 39.5 Å². The van der Waals surface area contributed by atoms with E-state index in [1.807, 2.05) is 17.0 Å². The zero-order valence-electron chi connectivity index (χ0n) is 18.5. The van der Waals surface area contributed by atoms with Gasteiger partial charge in [-0.2, -0.15) is 0 Å². The Kier molecular flexibility index (Phi) is 6.30. The Morgan fingerprint density at radius 3 is 2.26 bits per heavy atom. The summed E-state index contributed by atoms with van der Waals surface area (Å²) < 4.78 is 10.9. The summed E-state index contributed by atoms with van der Waals surface area (Å²) >= 11 is 0. The van der Waals surface area contributed by atoms with Crippen LogP contribution in [0.15, 0.2) is 41.4 Å². The van der Waals surface area contributed by atoms with Crippen LogP contribution in [0.1, 0.15) is 22.3 Å². The Morgan fingerprint density at radius 2 is 1.55 bits per heavy atom. The van der Waals surface area contributed by atoms with E-state index in [1.54, 1.807) is 21.3 Å². The molecule has 4 rings (SSSR count). The highest BCUT2D eigenvalue weighted by Gasteiger charge is 2.24. The fourth-order valence-corrected chi connectivity index (χ4v) is 4.37. The molecule has 2 aromatic rings. The molecule has 1 amide bonds. The van der Waals surface area contributed by atoms with Crippen LogP contribution in [0.4, 0.5) is 0 Å². The topological polar surface area (TPSA) is 66.4 Å². The number of rotatable bonds is 4. The van der Waals surface area contributed by atoms with E-state index in [4.69, 9.17) is 9.47 Å². The summed E-state index contributed by atoms with van der Waals surface area (Å²) in [6.45, 7) is 3.21. The maximum atomic E-state index is 12.8. The predicted octanol–water partition coefficient (Wildman–Crippen LogP) is 2.22. The van der Waals surface area contributed by atoms with Crippen molar-refractivity contribution >= 4 is 11.9 Å². The minimum absolute atomic E-state index is 0.0967. The number of ether oxygens (including phenoxy) is 2. The molecule has 2 heterocycles. The Morgan fingerprint density at radius 1 is 0.935 bits per heavy atom. The lowest BCUT2D eigenvalue weighted by molar-refractivity contribution is -0.130. The van der Waals surface area contributed by atoms with Gasteiger partial charge >= 0.3 is 0 Å². The van der Waals surface area contributed by atoms with E-state index in [-0.39, 0.29) is 12.5 Å². The van der Waals surface area contributed by atoms with E-state index in [1.165, 1.54) is 22.3 Å². The number of carbonyl (C=O) groups excluding carboxylic acids is 1. The number of nitrogens with one attached hydrogen (secondary N) is 1. The minimum Gasteiger partial charge on any atom is -0.493 e. The summed E-state index contributed by atoms with van der Waals surface area (Å²) in [6.07, 6.45) is 1.79. The molecule has 7 nitrogen and oxygen atoms in total. The Labute approximate surface area is 183 Å². The third-order valence-electron chi connectivity index (χ3n) is 6.11. The molecule has 1 N–H and O–H groups in total. The lowest BCUT2D eigenvalue weighted by Crippen LogP contribution is -2.48. The molecule has 0 atom stereocenters. The molecule has 0 saturated heterocycles. The van der Waals surface area contributed by atoms with Crippen LogP contribution in [0.25, 0.3) is 0 Å². The number of carbonyl (C=O) groups is 1. The summed E-state index contributed by atoms with van der Waals surface area (Å²) in [7, 11) is 5.06. The molecule has 2 aliphatic heterocycles. The van der Waals surface area contributed by atoms with Gasteiger partial charge in [-0.15, -0.1) is 0 Å². The van der Waals surface area contributed by atoms with Crippen molar-refractivity contribution in [1.29, 1.82) is 0 Å². The van der Waals surface area contributed by atoms with E-state index < -0.39 is 0 Å². The molecule has 2 aromatic carbocycles. The van der Waals surface area contributed by atoms with Crippen LogP contribution in [0.3, 0.4) is 0 Å². The summed E-state index contributed by atoms with van der Waals surface area (Å²) in [5, 5.41) is 3.27. The standard InChI is InChI=1S/C24H30N4O3/c1-25-24(26-14-23(29)27-10-8-17-6-4-5-7-19(17)15-27)28-11-9-18-12-21(30-2)22(31-3)13-20(18)16-28/h4-7,12-13H,8-11,14-16H2,1-3H3,(H,25,26).